The lowest BCUT2D eigenvalue weighted by Gasteiger charge is -2.26. The fourth-order valence-corrected chi connectivity index (χ4v) is 6.53. The number of nitriles is 1. The number of halogens is 1. The molecule has 3 N–H and O–H groups in total. The average molecular weight is 633 g/mol. The monoisotopic (exact) mass is 632 g/mol. The molecule has 238 valence electrons. The number of hydrogen-bond acceptors (Lipinski definition) is 7. The van der Waals surface area contributed by atoms with Crippen molar-refractivity contribution < 1.29 is 18.4 Å². The Kier molecular flexibility index (Phi) is 7.97. The summed E-state index contributed by atoms with van der Waals surface area (Å²) >= 11 is 0. The fourth-order valence-electron chi connectivity index (χ4n) is 6.53. The second-order valence-corrected chi connectivity index (χ2v) is 12.5. The number of nitrogens with zero attached hydrogens (tertiary/aromatic N) is 4. The molecule has 2 aromatic carbocycles. The highest BCUT2D eigenvalue weighted by Gasteiger charge is 2.44. The van der Waals surface area contributed by atoms with Crippen molar-refractivity contribution in [3.8, 4) is 17.2 Å². The van der Waals surface area contributed by atoms with Crippen LogP contribution in [0.2, 0.25) is 0 Å². The predicted molar refractivity (Wildman–Crippen MR) is 173 cm³/mol. The van der Waals surface area contributed by atoms with E-state index in [2.05, 4.69) is 10.3 Å². The SMILES string of the molecule is CCC(c1ccc(C#N)cn1)n1c(=O)oc2cc(-c3c(C(N)=O)c(CC(C)C)nc4c3C(=O)NC4(C)Cc3ccc(F)cc3)ccc21. The third-order valence-electron chi connectivity index (χ3n) is 8.59. The van der Waals surface area contributed by atoms with Crippen molar-refractivity contribution in [1.29, 1.82) is 5.26 Å². The molecule has 0 radical (unpaired) electrons. The number of aromatic nitrogens is 3. The zero-order valence-corrected chi connectivity index (χ0v) is 26.4. The van der Waals surface area contributed by atoms with E-state index in [0.29, 0.717) is 58.6 Å². The zero-order chi connectivity index (χ0) is 33.6. The minimum absolute atomic E-state index is 0.108. The second-order valence-electron chi connectivity index (χ2n) is 12.5. The van der Waals surface area contributed by atoms with Gasteiger partial charge in [-0.1, -0.05) is 39.0 Å². The van der Waals surface area contributed by atoms with Crippen LogP contribution in [0.1, 0.15) is 89.1 Å². The molecule has 0 bridgehead atoms. The van der Waals surface area contributed by atoms with Gasteiger partial charge in [-0.25, -0.2) is 9.18 Å². The van der Waals surface area contributed by atoms with Gasteiger partial charge >= 0.3 is 5.76 Å². The molecule has 1 aliphatic rings. The first kappa shape index (κ1) is 31.4. The lowest BCUT2D eigenvalue weighted by molar-refractivity contribution is 0.0935. The lowest BCUT2D eigenvalue weighted by atomic mass is 9.84. The van der Waals surface area contributed by atoms with Crippen molar-refractivity contribution in [3.05, 3.63) is 116 Å². The molecule has 0 fully saturated rings. The smallest absolute Gasteiger partial charge is 0.408 e. The van der Waals surface area contributed by atoms with E-state index in [1.165, 1.54) is 22.9 Å². The number of nitrogens with one attached hydrogen (secondary N) is 1. The van der Waals surface area contributed by atoms with Crippen LogP contribution >= 0.6 is 0 Å². The molecule has 0 aliphatic carbocycles. The Hall–Kier alpha value is -5.63. The number of fused-ring (bicyclic) bond motifs is 2. The summed E-state index contributed by atoms with van der Waals surface area (Å²) in [5, 5.41) is 12.2. The summed E-state index contributed by atoms with van der Waals surface area (Å²) in [6.07, 6.45) is 2.73. The van der Waals surface area contributed by atoms with Crippen LogP contribution in [0.5, 0.6) is 0 Å². The van der Waals surface area contributed by atoms with Crippen molar-refractivity contribution in [2.75, 3.05) is 0 Å². The summed E-state index contributed by atoms with van der Waals surface area (Å²) in [4.78, 5) is 49.6. The number of oxazole rings is 1. The van der Waals surface area contributed by atoms with Gasteiger partial charge in [-0.3, -0.25) is 24.1 Å². The molecular formula is C36H33FN6O4. The Balaban J connectivity index is 1.55. The van der Waals surface area contributed by atoms with Gasteiger partial charge in [0.15, 0.2) is 5.58 Å². The van der Waals surface area contributed by atoms with Gasteiger partial charge in [-0.15, -0.1) is 0 Å². The predicted octanol–water partition coefficient (Wildman–Crippen LogP) is 5.56. The first-order valence-corrected chi connectivity index (χ1v) is 15.4. The molecule has 0 spiro atoms. The number of rotatable bonds is 9. The first-order chi connectivity index (χ1) is 22.4. The molecule has 5 aromatic rings. The van der Waals surface area contributed by atoms with E-state index in [9.17, 15) is 24.0 Å². The molecule has 2 amide bonds. The molecule has 1 aliphatic heterocycles. The fraction of sp³-hybridized carbons (Fsp3) is 0.278. The molecule has 0 saturated carbocycles. The number of carbonyl (C=O) groups excluding carboxylic acids is 2. The Morgan fingerprint density at radius 3 is 2.49 bits per heavy atom. The molecule has 11 heteroatoms. The number of nitrogens with two attached hydrogens (primary N) is 1. The third-order valence-corrected chi connectivity index (χ3v) is 8.59. The van der Waals surface area contributed by atoms with Crippen molar-refractivity contribution in [2.24, 2.45) is 11.7 Å². The number of hydrogen-bond donors (Lipinski definition) is 2. The van der Waals surface area contributed by atoms with Gasteiger partial charge in [0.05, 0.1) is 50.9 Å². The Morgan fingerprint density at radius 1 is 1.13 bits per heavy atom. The average Bonchev–Trinajstić information content (AvgIpc) is 3.48. The van der Waals surface area contributed by atoms with Crippen LogP contribution in [0, 0.1) is 23.1 Å². The Morgan fingerprint density at radius 2 is 1.87 bits per heavy atom. The standard InChI is InChI=1S/C36H33FN6O4/c1-5-26(24-12-8-21(17-38)18-40-24)43-27-13-9-22(15-28(27)47-35(43)46)29-30(33(39)44)25(14-19(2)3)41-32-31(29)34(45)42-36(32,4)16-20-6-10-23(37)11-7-20/h6-13,15,18-19,26H,5,14,16H2,1-4H3,(H2,39,44)(H,42,45). The highest BCUT2D eigenvalue weighted by molar-refractivity contribution is 6.12. The molecular weight excluding hydrogens is 599 g/mol. The maximum Gasteiger partial charge on any atom is 0.420 e. The normalized spacial score (nSPS) is 16.2. The Labute approximate surface area is 270 Å². The highest BCUT2D eigenvalue weighted by Crippen LogP contribution is 2.42. The van der Waals surface area contributed by atoms with Crippen molar-refractivity contribution in [1.82, 2.24) is 19.9 Å². The van der Waals surface area contributed by atoms with E-state index >= 15 is 0 Å². The summed E-state index contributed by atoms with van der Waals surface area (Å²) in [6.45, 7) is 7.76. The van der Waals surface area contributed by atoms with Gasteiger partial charge in [0.1, 0.15) is 11.9 Å². The number of amides is 2. The molecule has 2 unspecified atom stereocenters. The summed E-state index contributed by atoms with van der Waals surface area (Å²) in [5.41, 5.74) is 9.61. The van der Waals surface area contributed by atoms with E-state index in [4.69, 9.17) is 15.1 Å². The van der Waals surface area contributed by atoms with Gasteiger partial charge in [0, 0.05) is 18.2 Å². The van der Waals surface area contributed by atoms with Crippen LogP contribution in [0.3, 0.4) is 0 Å². The van der Waals surface area contributed by atoms with Gasteiger partial charge < -0.3 is 15.5 Å². The maximum atomic E-state index is 13.8. The van der Waals surface area contributed by atoms with Crippen LogP contribution in [0.25, 0.3) is 22.2 Å². The van der Waals surface area contributed by atoms with Crippen molar-refractivity contribution >= 4 is 22.9 Å². The molecule has 47 heavy (non-hydrogen) atoms. The number of pyridine rings is 2. The summed E-state index contributed by atoms with van der Waals surface area (Å²) in [7, 11) is 0. The van der Waals surface area contributed by atoms with Crippen LogP contribution < -0.4 is 16.8 Å². The van der Waals surface area contributed by atoms with E-state index < -0.39 is 29.2 Å². The Bertz CT molecular complexity index is 2140. The van der Waals surface area contributed by atoms with E-state index in [1.54, 1.807) is 42.5 Å². The van der Waals surface area contributed by atoms with Crippen LogP contribution in [0.4, 0.5) is 4.39 Å². The van der Waals surface area contributed by atoms with E-state index in [-0.39, 0.29) is 28.4 Å². The molecule has 2 atom stereocenters. The summed E-state index contributed by atoms with van der Waals surface area (Å²) in [5.74, 6) is -2.02. The van der Waals surface area contributed by atoms with Crippen molar-refractivity contribution in [3.63, 3.8) is 0 Å². The van der Waals surface area contributed by atoms with Gasteiger partial charge in [0.25, 0.3) is 11.8 Å². The van der Waals surface area contributed by atoms with Crippen LogP contribution in [-0.2, 0) is 18.4 Å². The molecule has 0 saturated heterocycles. The quantitative estimate of drug-likeness (QED) is 0.215. The van der Waals surface area contributed by atoms with Crippen molar-refractivity contribution in [2.45, 2.75) is 58.5 Å². The number of primary amides is 1. The summed E-state index contributed by atoms with van der Waals surface area (Å²) < 4.78 is 20.9. The van der Waals surface area contributed by atoms with Gasteiger partial charge in [0.2, 0.25) is 0 Å². The lowest BCUT2D eigenvalue weighted by Crippen LogP contribution is -2.39. The minimum atomic E-state index is -0.969. The second kappa shape index (κ2) is 11.9. The van der Waals surface area contributed by atoms with Crippen LogP contribution in [-0.4, -0.2) is 26.3 Å². The molecule has 4 heterocycles. The molecule has 10 nitrogen and oxygen atoms in total. The minimum Gasteiger partial charge on any atom is -0.408 e. The first-order valence-electron chi connectivity index (χ1n) is 15.4. The third kappa shape index (κ3) is 5.56. The summed E-state index contributed by atoms with van der Waals surface area (Å²) in [6, 6.07) is 16.1. The van der Waals surface area contributed by atoms with Gasteiger partial charge in [-0.05, 0) is 73.2 Å². The largest absolute Gasteiger partial charge is 0.420 e. The zero-order valence-electron chi connectivity index (χ0n) is 26.4. The topological polar surface area (TPSA) is 157 Å². The van der Waals surface area contributed by atoms with Crippen LogP contribution in [0.15, 0.2) is 70.0 Å². The highest BCUT2D eigenvalue weighted by atomic mass is 19.1. The van der Waals surface area contributed by atoms with E-state index in [0.717, 1.165) is 5.56 Å². The molecule has 3 aromatic heterocycles. The van der Waals surface area contributed by atoms with Gasteiger partial charge in [-0.2, -0.15) is 5.26 Å². The van der Waals surface area contributed by atoms with E-state index in [1.807, 2.05) is 33.8 Å². The molecule has 6 rings (SSSR count). The number of carbonyl (C=O) groups is 2. The number of benzene rings is 2. The maximum absolute atomic E-state index is 13.8.